The first-order valence-corrected chi connectivity index (χ1v) is 9.01. The molecule has 1 aliphatic heterocycles. The number of anilines is 1. The van der Waals surface area contributed by atoms with E-state index in [0.29, 0.717) is 18.0 Å². The molecule has 25 heavy (non-hydrogen) atoms. The van der Waals surface area contributed by atoms with Crippen molar-refractivity contribution in [3.05, 3.63) is 64.7 Å². The summed E-state index contributed by atoms with van der Waals surface area (Å²) in [6.07, 6.45) is 0.347. The van der Waals surface area contributed by atoms with Crippen LogP contribution in [0, 0.1) is 0 Å². The van der Waals surface area contributed by atoms with Gasteiger partial charge in [0, 0.05) is 43.4 Å². The van der Waals surface area contributed by atoms with Crippen molar-refractivity contribution < 1.29 is 4.79 Å². The molecule has 0 unspecified atom stereocenters. The van der Waals surface area contributed by atoms with Crippen LogP contribution in [-0.4, -0.2) is 44.0 Å². The number of hydrogen-bond acceptors (Lipinski definition) is 3. The lowest BCUT2D eigenvalue weighted by Gasteiger charge is -2.34. The quantitative estimate of drug-likeness (QED) is 0.893. The second kappa shape index (κ2) is 8.37. The molecule has 0 saturated carbocycles. The fraction of sp³-hybridized carbons (Fsp3) is 0.350. The molecule has 1 saturated heterocycles. The Hall–Kier alpha value is -2.04. The normalized spacial score (nSPS) is 15.2. The number of rotatable bonds is 5. The summed E-state index contributed by atoms with van der Waals surface area (Å²) in [4.78, 5) is 16.8. The minimum atomic E-state index is 0.00501. The molecule has 0 bridgehead atoms. The van der Waals surface area contributed by atoms with Gasteiger partial charge < -0.3 is 15.1 Å². The van der Waals surface area contributed by atoms with E-state index in [4.69, 9.17) is 11.6 Å². The Bertz CT molecular complexity index is 709. The summed E-state index contributed by atoms with van der Waals surface area (Å²) in [7, 11) is 2.16. The Labute approximate surface area is 154 Å². The van der Waals surface area contributed by atoms with Crippen LogP contribution in [0.2, 0.25) is 5.02 Å². The molecule has 5 heteroatoms. The molecule has 1 amide bonds. The number of hydrogen-bond donors (Lipinski definition) is 1. The molecule has 0 spiro atoms. The minimum Gasteiger partial charge on any atom is -0.369 e. The van der Waals surface area contributed by atoms with Crippen molar-refractivity contribution in [2.45, 2.75) is 13.0 Å². The highest BCUT2D eigenvalue weighted by Crippen LogP contribution is 2.17. The summed E-state index contributed by atoms with van der Waals surface area (Å²) in [6, 6.07) is 15.9. The second-order valence-electron chi connectivity index (χ2n) is 6.54. The fourth-order valence-electron chi connectivity index (χ4n) is 2.98. The standard InChI is InChI=1S/C20H24ClN3O/c1-23-9-11-24(12-10-23)19-7-5-16(6-8-19)15-22-20(25)14-17-3-2-4-18(21)13-17/h2-8,13H,9-12,14-15H2,1H3,(H,22,25). The van der Waals surface area contributed by atoms with Gasteiger partial charge in [-0.1, -0.05) is 35.9 Å². The number of carbonyl (C=O) groups is 1. The molecular formula is C20H24ClN3O. The van der Waals surface area contributed by atoms with Crippen molar-refractivity contribution in [2.75, 3.05) is 38.1 Å². The topological polar surface area (TPSA) is 35.6 Å². The maximum atomic E-state index is 12.1. The number of benzene rings is 2. The number of carbonyl (C=O) groups excluding carboxylic acids is 1. The summed E-state index contributed by atoms with van der Waals surface area (Å²) >= 11 is 5.95. The van der Waals surface area contributed by atoms with E-state index in [1.807, 2.05) is 24.3 Å². The molecule has 0 aliphatic carbocycles. The summed E-state index contributed by atoms with van der Waals surface area (Å²) in [5, 5.41) is 3.63. The Kier molecular flexibility index (Phi) is 5.95. The first kappa shape index (κ1) is 17.8. The van der Waals surface area contributed by atoms with Crippen molar-refractivity contribution >= 4 is 23.2 Å². The van der Waals surface area contributed by atoms with E-state index in [0.717, 1.165) is 37.3 Å². The number of likely N-dealkylation sites (N-methyl/N-ethyl adjacent to an activating group) is 1. The van der Waals surface area contributed by atoms with Gasteiger partial charge in [0.15, 0.2) is 0 Å². The summed E-state index contributed by atoms with van der Waals surface area (Å²) in [5.41, 5.74) is 3.29. The van der Waals surface area contributed by atoms with Crippen LogP contribution < -0.4 is 10.2 Å². The van der Waals surface area contributed by atoms with Gasteiger partial charge in [-0.15, -0.1) is 0 Å². The first-order chi connectivity index (χ1) is 12.1. The lowest BCUT2D eigenvalue weighted by atomic mass is 10.1. The van der Waals surface area contributed by atoms with Crippen LogP contribution in [0.3, 0.4) is 0 Å². The smallest absolute Gasteiger partial charge is 0.224 e. The van der Waals surface area contributed by atoms with Crippen molar-refractivity contribution in [3.63, 3.8) is 0 Å². The van der Waals surface area contributed by atoms with E-state index >= 15 is 0 Å². The molecule has 1 N–H and O–H groups in total. The molecule has 2 aromatic rings. The highest BCUT2D eigenvalue weighted by molar-refractivity contribution is 6.30. The summed E-state index contributed by atoms with van der Waals surface area (Å²) in [5.74, 6) is 0.00501. The van der Waals surface area contributed by atoms with E-state index in [1.54, 1.807) is 0 Å². The number of amides is 1. The first-order valence-electron chi connectivity index (χ1n) is 8.64. The van der Waals surface area contributed by atoms with Gasteiger partial charge in [0.25, 0.3) is 0 Å². The Balaban J connectivity index is 1.49. The molecule has 132 valence electrons. The predicted octanol–water partition coefficient (Wildman–Crippen LogP) is 2.95. The minimum absolute atomic E-state index is 0.00501. The van der Waals surface area contributed by atoms with Crippen LogP contribution in [0.25, 0.3) is 0 Å². The van der Waals surface area contributed by atoms with Crippen LogP contribution in [-0.2, 0) is 17.8 Å². The highest BCUT2D eigenvalue weighted by atomic mass is 35.5. The third-order valence-electron chi connectivity index (χ3n) is 4.55. The molecule has 1 heterocycles. The van der Waals surface area contributed by atoms with E-state index in [-0.39, 0.29) is 5.91 Å². The summed E-state index contributed by atoms with van der Waals surface area (Å²) < 4.78 is 0. The molecule has 0 atom stereocenters. The van der Waals surface area contributed by atoms with Gasteiger partial charge >= 0.3 is 0 Å². The molecule has 3 rings (SSSR count). The van der Waals surface area contributed by atoms with Crippen molar-refractivity contribution in [1.82, 2.24) is 10.2 Å². The number of nitrogens with one attached hydrogen (secondary N) is 1. The molecule has 0 radical (unpaired) electrons. The SMILES string of the molecule is CN1CCN(c2ccc(CNC(=O)Cc3cccc(Cl)c3)cc2)CC1. The van der Waals surface area contributed by atoms with Crippen LogP contribution in [0.5, 0.6) is 0 Å². The number of piperazine rings is 1. The average Bonchev–Trinajstić information content (AvgIpc) is 2.61. The fourth-order valence-corrected chi connectivity index (χ4v) is 3.20. The summed E-state index contributed by atoms with van der Waals surface area (Å²) in [6.45, 7) is 4.86. The zero-order chi connectivity index (χ0) is 17.6. The number of nitrogens with zero attached hydrogens (tertiary/aromatic N) is 2. The zero-order valence-corrected chi connectivity index (χ0v) is 15.3. The maximum Gasteiger partial charge on any atom is 0.224 e. The van der Waals surface area contributed by atoms with Gasteiger partial charge in [-0.3, -0.25) is 4.79 Å². The van der Waals surface area contributed by atoms with E-state index < -0.39 is 0 Å². The Morgan fingerprint density at radius 1 is 1.04 bits per heavy atom. The maximum absolute atomic E-state index is 12.1. The highest BCUT2D eigenvalue weighted by Gasteiger charge is 2.14. The van der Waals surface area contributed by atoms with Gasteiger partial charge in [-0.25, -0.2) is 0 Å². The molecule has 4 nitrogen and oxygen atoms in total. The predicted molar refractivity (Wildman–Crippen MR) is 103 cm³/mol. The van der Waals surface area contributed by atoms with E-state index in [2.05, 4.69) is 46.4 Å². The number of halogens is 1. The lowest BCUT2D eigenvalue weighted by molar-refractivity contribution is -0.120. The van der Waals surface area contributed by atoms with Crippen LogP contribution in [0.15, 0.2) is 48.5 Å². The Morgan fingerprint density at radius 3 is 2.44 bits per heavy atom. The molecular weight excluding hydrogens is 334 g/mol. The largest absolute Gasteiger partial charge is 0.369 e. The Morgan fingerprint density at radius 2 is 1.76 bits per heavy atom. The average molecular weight is 358 g/mol. The van der Waals surface area contributed by atoms with E-state index in [1.165, 1.54) is 5.69 Å². The van der Waals surface area contributed by atoms with Gasteiger partial charge in [0.2, 0.25) is 5.91 Å². The molecule has 1 aliphatic rings. The van der Waals surface area contributed by atoms with Crippen LogP contribution >= 0.6 is 11.6 Å². The molecule has 0 aromatic heterocycles. The monoisotopic (exact) mass is 357 g/mol. The van der Waals surface area contributed by atoms with Crippen molar-refractivity contribution in [2.24, 2.45) is 0 Å². The molecule has 1 fully saturated rings. The van der Waals surface area contributed by atoms with E-state index in [9.17, 15) is 4.79 Å². The van der Waals surface area contributed by atoms with Gasteiger partial charge in [-0.05, 0) is 42.4 Å². The van der Waals surface area contributed by atoms with Crippen molar-refractivity contribution in [3.8, 4) is 0 Å². The third-order valence-corrected chi connectivity index (χ3v) is 4.78. The third kappa shape index (κ3) is 5.21. The zero-order valence-electron chi connectivity index (χ0n) is 14.5. The van der Waals surface area contributed by atoms with Gasteiger partial charge in [-0.2, -0.15) is 0 Å². The van der Waals surface area contributed by atoms with Crippen LogP contribution in [0.4, 0.5) is 5.69 Å². The lowest BCUT2D eigenvalue weighted by Crippen LogP contribution is -2.44. The van der Waals surface area contributed by atoms with Crippen LogP contribution in [0.1, 0.15) is 11.1 Å². The molecule has 2 aromatic carbocycles. The van der Waals surface area contributed by atoms with Crippen molar-refractivity contribution in [1.29, 1.82) is 0 Å². The second-order valence-corrected chi connectivity index (χ2v) is 6.98. The van der Waals surface area contributed by atoms with Gasteiger partial charge in [0.1, 0.15) is 0 Å². The van der Waals surface area contributed by atoms with Gasteiger partial charge in [0.05, 0.1) is 6.42 Å².